The fourth-order valence-electron chi connectivity index (χ4n) is 11.2. The molecule has 12 aromatic carbocycles. The van der Waals surface area contributed by atoms with Gasteiger partial charge < -0.3 is 0 Å². The summed E-state index contributed by atoms with van der Waals surface area (Å²) in [6, 6.07) is 77.3. The Kier molecular flexibility index (Phi) is 7.17. The monoisotopic (exact) mass is 772 g/mol. The van der Waals surface area contributed by atoms with E-state index in [0.29, 0.717) is 0 Å². The molecule has 13 rings (SSSR count). The second kappa shape index (κ2) is 12.7. The Labute approximate surface area is 355 Å². The van der Waals surface area contributed by atoms with Crippen LogP contribution in [0.4, 0.5) is 0 Å². The van der Waals surface area contributed by atoms with Gasteiger partial charge in [0.15, 0.2) is 0 Å². The van der Waals surface area contributed by atoms with E-state index in [1.807, 2.05) is 0 Å². The molecule has 12 aromatic rings. The van der Waals surface area contributed by atoms with Gasteiger partial charge in [-0.1, -0.05) is 202 Å². The Morgan fingerprint density at radius 3 is 1.28 bits per heavy atom. The van der Waals surface area contributed by atoms with Crippen molar-refractivity contribution < 1.29 is 0 Å². The lowest BCUT2D eigenvalue weighted by Crippen LogP contribution is -2.15. The lowest BCUT2D eigenvalue weighted by molar-refractivity contribution is 0.662. The summed E-state index contributed by atoms with van der Waals surface area (Å²) in [5.74, 6) is 0. The van der Waals surface area contributed by atoms with Crippen LogP contribution in [0.1, 0.15) is 25.0 Å². The molecular weight excluding hydrogens is 733 g/mol. The van der Waals surface area contributed by atoms with Crippen molar-refractivity contribution in [2.75, 3.05) is 0 Å². The zero-order valence-corrected chi connectivity index (χ0v) is 34.1. The predicted molar refractivity (Wildman–Crippen MR) is 263 cm³/mol. The van der Waals surface area contributed by atoms with Crippen molar-refractivity contribution in [3.8, 4) is 44.5 Å². The van der Waals surface area contributed by atoms with Gasteiger partial charge in [-0.05, 0) is 149 Å². The van der Waals surface area contributed by atoms with Crippen LogP contribution in [0, 0.1) is 0 Å². The van der Waals surface area contributed by atoms with Crippen molar-refractivity contribution in [3.63, 3.8) is 0 Å². The molecule has 0 radical (unpaired) electrons. The smallest absolute Gasteiger partial charge is 0.0159 e. The molecule has 284 valence electrons. The van der Waals surface area contributed by atoms with E-state index in [-0.39, 0.29) is 5.41 Å². The van der Waals surface area contributed by atoms with E-state index in [0.717, 1.165) is 0 Å². The fraction of sp³-hybridized carbons (Fsp3) is 0.0492. The molecular formula is C61H40. The van der Waals surface area contributed by atoms with Gasteiger partial charge in [0.2, 0.25) is 0 Å². The molecule has 0 unspecified atom stereocenters. The summed E-state index contributed by atoms with van der Waals surface area (Å²) in [5.41, 5.74) is 12.9. The minimum absolute atomic E-state index is 0.218. The maximum Gasteiger partial charge on any atom is 0.0159 e. The van der Waals surface area contributed by atoms with Gasteiger partial charge in [-0.3, -0.25) is 0 Å². The largest absolute Gasteiger partial charge is 0.0622 e. The van der Waals surface area contributed by atoms with Crippen molar-refractivity contribution in [1.82, 2.24) is 0 Å². The van der Waals surface area contributed by atoms with Crippen LogP contribution in [-0.4, -0.2) is 0 Å². The molecule has 0 bridgehead atoms. The second-order valence-electron chi connectivity index (χ2n) is 17.5. The van der Waals surface area contributed by atoms with Gasteiger partial charge >= 0.3 is 0 Å². The van der Waals surface area contributed by atoms with Crippen LogP contribution in [0.5, 0.6) is 0 Å². The number of rotatable bonds is 3. The van der Waals surface area contributed by atoms with Crippen LogP contribution in [-0.2, 0) is 5.41 Å². The average Bonchev–Trinajstić information content (AvgIpc) is 3.54. The van der Waals surface area contributed by atoms with Gasteiger partial charge in [0.1, 0.15) is 0 Å². The summed E-state index contributed by atoms with van der Waals surface area (Å²) >= 11 is 0. The molecule has 0 amide bonds. The zero-order valence-electron chi connectivity index (χ0n) is 34.1. The Morgan fingerprint density at radius 1 is 0.262 bits per heavy atom. The van der Waals surface area contributed by atoms with E-state index >= 15 is 0 Å². The number of fused-ring (bicyclic) bond motifs is 15. The van der Waals surface area contributed by atoms with Crippen molar-refractivity contribution in [1.29, 1.82) is 0 Å². The molecule has 61 heavy (non-hydrogen) atoms. The lowest BCUT2D eigenvalue weighted by Gasteiger charge is -2.24. The molecule has 0 heteroatoms. The molecule has 0 N–H and O–H groups in total. The molecule has 0 fully saturated rings. The summed E-state index contributed by atoms with van der Waals surface area (Å²) in [5, 5.41) is 18.2. The van der Waals surface area contributed by atoms with Gasteiger partial charge in [-0.15, -0.1) is 0 Å². The van der Waals surface area contributed by atoms with Crippen molar-refractivity contribution in [3.05, 3.63) is 217 Å². The summed E-state index contributed by atoms with van der Waals surface area (Å²) in [4.78, 5) is 0. The van der Waals surface area contributed by atoms with Crippen LogP contribution < -0.4 is 0 Å². The molecule has 0 saturated carbocycles. The highest BCUT2D eigenvalue weighted by atomic mass is 14.4. The molecule has 0 aromatic heterocycles. The molecule has 0 aliphatic heterocycles. The van der Waals surface area contributed by atoms with Crippen LogP contribution >= 0.6 is 0 Å². The predicted octanol–water partition coefficient (Wildman–Crippen LogP) is 17.1. The molecule has 1 aliphatic carbocycles. The van der Waals surface area contributed by atoms with E-state index in [1.54, 1.807) is 0 Å². The van der Waals surface area contributed by atoms with Crippen molar-refractivity contribution in [2.45, 2.75) is 19.3 Å². The first kappa shape index (κ1) is 34.3. The van der Waals surface area contributed by atoms with E-state index in [9.17, 15) is 0 Å². The van der Waals surface area contributed by atoms with Gasteiger partial charge in [-0.25, -0.2) is 0 Å². The minimum Gasteiger partial charge on any atom is -0.0622 e. The summed E-state index contributed by atoms with van der Waals surface area (Å²) in [6.07, 6.45) is 0. The highest BCUT2D eigenvalue weighted by Crippen LogP contribution is 2.56. The normalized spacial score (nSPS) is 13.2. The third kappa shape index (κ3) is 4.82. The Bertz CT molecular complexity index is 3750. The van der Waals surface area contributed by atoms with Crippen LogP contribution in [0.2, 0.25) is 0 Å². The second-order valence-corrected chi connectivity index (χ2v) is 17.5. The molecule has 0 heterocycles. The van der Waals surface area contributed by atoms with Gasteiger partial charge in [0.25, 0.3) is 0 Å². The standard InChI is InChI=1S/C61H40/c1-61(2)55-36-53-45-23-11-9-21-43(45)42-20-8-10-22-44(42)52(53)34-54(55)60-56(61)35-51(50-33-32-37-16-6-7-19-41(37)59(50)60)38-28-30-40(31-29-38)58-48-26-14-12-24-46(48)57(39-17-4-3-5-18-39)47-25-13-15-27-49(47)58/h3-36H,1-2H3. The first-order chi connectivity index (χ1) is 30.0. The quantitative estimate of drug-likeness (QED) is 0.124. The maximum atomic E-state index is 2.53. The van der Waals surface area contributed by atoms with E-state index in [4.69, 9.17) is 0 Å². The van der Waals surface area contributed by atoms with Crippen molar-refractivity contribution >= 4 is 75.4 Å². The topological polar surface area (TPSA) is 0 Å². The number of hydrogen-bond donors (Lipinski definition) is 0. The van der Waals surface area contributed by atoms with Gasteiger partial charge in [0.05, 0.1) is 0 Å². The van der Waals surface area contributed by atoms with Crippen molar-refractivity contribution in [2.24, 2.45) is 0 Å². The molecule has 0 nitrogen and oxygen atoms in total. The highest BCUT2D eigenvalue weighted by molar-refractivity contribution is 6.28. The average molecular weight is 773 g/mol. The van der Waals surface area contributed by atoms with E-state index < -0.39 is 0 Å². The van der Waals surface area contributed by atoms with Gasteiger partial charge in [0, 0.05) is 5.41 Å². The van der Waals surface area contributed by atoms with Crippen LogP contribution in [0.3, 0.4) is 0 Å². The Hall–Kier alpha value is -7.54. The summed E-state index contributed by atoms with van der Waals surface area (Å²) in [7, 11) is 0. The molecule has 1 aliphatic rings. The van der Waals surface area contributed by atoms with Crippen LogP contribution in [0.15, 0.2) is 206 Å². The third-order valence-electron chi connectivity index (χ3n) is 14.0. The SMILES string of the molecule is CC1(C)c2cc3c4ccccc4c4ccccc4c3cc2-c2c1cc(-c1ccc(-c3c4ccccc4c(-c4ccccc4)c4ccccc34)cc1)c1ccc3ccccc3c21. The highest BCUT2D eigenvalue weighted by Gasteiger charge is 2.38. The molecule has 0 saturated heterocycles. The zero-order chi connectivity index (χ0) is 40.4. The first-order valence-electron chi connectivity index (χ1n) is 21.5. The summed E-state index contributed by atoms with van der Waals surface area (Å²) < 4.78 is 0. The summed E-state index contributed by atoms with van der Waals surface area (Å²) in [6.45, 7) is 4.87. The number of hydrogen-bond acceptors (Lipinski definition) is 0. The Morgan fingerprint density at radius 2 is 0.705 bits per heavy atom. The van der Waals surface area contributed by atoms with E-state index in [2.05, 4.69) is 220 Å². The third-order valence-corrected chi connectivity index (χ3v) is 14.0. The van der Waals surface area contributed by atoms with Gasteiger partial charge in [-0.2, -0.15) is 0 Å². The first-order valence-corrected chi connectivity index (χ1v) is 21.5. The maximum absolute atomic E-state index is 2.53. The van der Waals surface area contributed by atoms with E-state index in [1.165, 1.54) is 131 Å². The number of benzene rings is 12. The lowest BCUT2D eigenvalue weighted by atomic mass is 9.79. The fourth-order valence-corrected chi connectivity index (χ4v) is 11.2. The minimum atomic E-state index is -0.218. The molecule has 0 spiro atoms. The Balaban J connectivity index is 1.06. The molecule has 0 atom stereocenters. The van der Waals surface area contributed by atoms with Crippen LogP contribution in [0.25, 0.3) is 120 Å².